The van der Waals surface area contributed by atoms with Crippen LogP contribution in [-0.2, 0) is 10.0 Å². The molecule has 2 heterocycles. The quantitative estimate of drug-likeness (QED) is 0.652. The first kappa shape index (κ1) is 25.2. The minimum atomic E-state index is -3.86. The molecule has 0 saturated heterocycles. The maximum Gasteiger partial charge on any atom is 0.247 e. The van der Waals surface area contributed by atoms with Crippen molar-refractivity contribution in [3.63, 3.8) is 0 Å². The zero-order valence-corrected chi connectivity index (χ0v) is 20.5. The number of aliphatic hydroxyl groups excluding tert-OH is 1. The summed E-state index contributed by atoms with van der Waals surface area (Å²) in [6, 6.07) is 8.08. The second-order valence-corrected chi connectivity index (χ2v) is 10.5. The Morgan fingerprint density at radius 2 is 2.06 bits per heavy atom. The van der Waals surface area contributed by atoms with Crippen molar-refractivity contribution < 1.29 is 18.3 Å². The molecule has 1 aromatic carbocycles. The van der Waals surface area contributed by atoms with Crippen molar-refractivity contribution in [3.05, 3.63) is 53.9 Å². The lowest BCUT2D eigenvalue weighted by Crippen LogP contribution is -2.49. The van der Waals surface area contributed by atoms with Gasteiger partial charge in [-0.05, 0) is 57.3 Å². The Morgan fingerprint density at radius 1 is 1.30 bits per heavy atom. The van der Waals surface area contributed by atoms with Crippen LogP contribution in [0.3, 0.4) is 0 Å². The van der Waals surface area contributed by atoms with Crippen molar-refractivity contribution in [2.75, 3.05) is 33.3 Å². The lowest BCUT2D eigenvalue weighted by molar-refractivity contribution is 0.0752. The maximum atomic E-state index is 13.5. The lowest BCUT2D eigenvalue weighted by atomic mass is 10.0. The maximum absolute atomic E-state index is 13.5. The van der Waals surface area contributed by atoms with Crippen LogP contribution in [0, 0.1) is 17.8 Å². The van der Waals surface area contributed by atoms with Crippen LogP contribution >= 0.6 is 0 Å². The Bertz CT molecular complexity index is 1100. The topological polar surface area (TPSA) is 83.0 Å². The zero-order valence-electron chi connectivity index (χ0n) is 19.7. The van der Waals surface area contributed by atoms with E-state index in [9.17, 15) is 13.5 Å². The summed E-state index contributed by atoms with van der Waals surface area (Å²) in [7, 11) is -1.81. The van der Waals surface area contributed by atoms with Crippen LogP contribution in [0.25, 0.3) is 0 Å². The number of hydrogen-bond donors (Lipinski definition) is 1. The van der Waals surface area contributed by atoms with E-state index in [1.165, 1.54) is 4.31 Å². The standard InChI is InChI=1S/C25H33N3O4S/c1-5-13-27(4)17-24-19(2)16-28(20(3)18-29)33(30,31)25-11-10-21(14-23(25)32-24)8-9-22-7-6-12-26-15-22/h6-7,10-12,14-15,19-20,24,29H,5,13,16-18H2,1-4H3/t19-,20+,24+/m1/s1. The SMILES string of the molecule is CCCN(C)C[C@@H]1Oc2cc(C#Cc3cccnc3)ccc2S(=O)(=O)N([C@@H](C)CO)C[C@H]1C. The zero-order chi connectivity index (χ0) is 24.0. The molecule has 1 N–H and O–H groups in total. The minimum Gasteiger partial charge on any atom is -0.487 e. The number of hydrogen-bond acceptors (Lipinski definition) is 6. The summed E-state index contributed by atoms with van der Waals surface area (Å²) in [5.74, 6) is 6.35. The van der Waals surface area contributed by atoms with E-state index >= 15 is 0 Å². The van der Waals surface area contributed by atoms with E-state index in [0.29, 0.717) is 17.9 Å². The molecule has 1 aliphatic heterocycles. The average Bonchev–Trinajstić information content (AvgIpc) is 2.80. The number of pyridine rings is 1. The number of fused-ring (bicyclic) bond motifs is 1. The largest absolute Gasteiger partial charge is 0.487 e. The fourth-order valence-corrected chi connectivity index (χ4v) is 5.71. The van der Waals surface area contributed by atoms with Gasteiger partial charge in [0.25, 0.3) is 0 Å². The molecule has 7 nitrogen and oxygen atoms in total. The minimum absolute atomic E-state index is 0.0774. The van der Waals surface area contributed by atoms with Crippen molar-refractivity contribution >= 4 is 10.0 Å². The van der Waals surface area contributed by atoms with Gasteiger partial charge in [0.05, 0.1) is 6.61 Å². The molecule has 0 spiro atoms. The Kier molecular flexibility index (Phi) is 8.49. The van der Waals surface area contributed by atoms with Gasteiger partial charge in [-0.15, -0.1) is 0 Å². The Labute approximate surface area is 197 Å². The molecule has 0 aliphatic carbocycles. The van der Waals surface area contributed by atoms with E-state index in [1.54, 1.807) is 37.5 Å². The van der Waals surface area contributed by atoms with Crippen molar-refractivity contribution in [3.8, 4) is 17.6 Å². The molecule has 3 atom stereocenters. The molecule has 0 unspecified atom stereocenters. The molecule has 3 rings (SSSR count). The van der Waals surface area contributed by atoms with E-state index in [2.05, 4.69) is 28.6 Å². The van der Waals surface area contributed by atoms with Crippen LogP contribution in [-0.4, -0.2) is 73.1 Å². The van der Waals surface area contributed by atoms with E-state index < -0.39 is 16.1 Å². The number of ether oxygens (including phenoxy) is 1. The highest BCUT2D eigenvalue weighted by atomic mass is 32.2. The second kappa shape index (κ2) is 11.1. The monoisotopic (exact) mass is 471 g/mol. The van der Waals surface area contributed by atoms with Crippen molar-refractivity contribution in [2.24, 2.45) is 5.92 Å². The molecule has 2 aromatic rings. The highest BCUT2D eigenvalue weighted by Gasteiger charge is 2.38. The molecule has 0 bridgehead atoms. The number of likely N-dealkylation sites (N-methyl/N-ethyl adjacent to an activating group) is 1. The molecule has 0 radical (unpaired) electrons. The number of aromatic nitrogens is 1. The molecule has 0 amide bonds. The fraction of sp³-hybridized carbons (Fsp3) is 0.480. The molecule has 33 heavy (non-hydrogen) atoms. The summed E-state index contributed by atoms with van der Waals surface area (Å²) in [4.78, 5) is 6.36. The second-order valence-electron chi connectivity index (χ2n) is 8.66. The predicted octanol–water partition coefficient (Wildman–Crippen LogP) is 2.59. The smallest absolute Gasteiger partial charge is 0.247 e. The van der Waals surface area contributed by atoms with E-state index in [1.807, 2.05) is 26.1 Å². The highest BCUT2D eigenvalue weighted by molar-refractivity contribution is 7.89. The molecule has 1 aliphatic rings. The first-order valence-electron chi connectivity index (χ1n) is 11.3. The van der Waals surface area contributed by atoms with Crippen LogP contribution < -0.4 is 4.74 Å². The van der Waals surface area contributed by atoms with Gasteiger partial charge in [0.2, 0.25) is 10.0 Å². The predicted molar refractivity (Wildman–Crippen MR) is 128 cm³/mol. The van der Waals surface area contributed by atoms with Gasteiger partial charge < -0.3 is 14.7 Å². The van der Waals surface area contributed by atoms with Gasteiger partial charge in [-0.1, -0.05) is 25.7 Å². The van der Waals surface area contributed by atoms with Crippen LogP contribution in [0.15, 0.2) is 47.6 Å². The third kappa shape index (κ3) is 6.12. The van der Waals surface area contributed by atoms with E-state index in [-0.39, 0.29) is 30.1 Å². The highest BCUT2D eigenvalue weighted by Crippen LogP contribution is 2.34. The molecular formula is C25H33N3O4S. The summed E-state index contributed by atoms with van der Waals surface area (Å²) in [6.45, 7) is 7.45. The lowest BCUT2D eigenvalue weighted by Gasteiger charge is -2.37. The van der Waals surface area contributed by atoms with Gasteiger partial charge in [0.15, 0.2) is 0 Å². The fourth-order valence-electron chi connectivity index (χ4n) is 3.88. The first-order chi connectivity index (χ1) is 15.8. The van der Waals surface area contributed by atoms with Gasteiger partial charge >= 0.3 is 0 Å². The summed E-state index contributed by atoms with van der Waals surface area (Å²) in [5.41, 5.74) is 1.43. The van der Waals surface area contributed by atoms with Crippen molar-refractivity contribution in [1.82, 2.24) is 14.2 Å². The van der Waals surface area contributed by atoms with E-state index in [4.69, 9.17) is 4.74 Å². The summed E-state index contributed by atoms with van der Waals surface area (Å²) >= 11 is 0. The Hall–Kier alpha value is -2.44. The normalized spacial score (nSPS) is 21.2. The number of aliphatic hydroxyl groups is 1. The molecule has 8 heteroatoms. The average molecular weight is 472 g/mol. The van der Waals surface area contributed by atoms with Gasteiger partial charge in [-0.2, -0.15) is 4.31 Å². The van der Waals surface area contributed by atoms with Crippen LogP contribution in [0.2, 0.25) is 0 Å². The van der Waals surface area contributed by atoms with Crippen LogP contribution in [0.4, 0.5) is 0 Å². The number of rotatable bonds is 6. The summed E-state index contributed by atoms with van der Waals surface area (Å²) in [5, 5.41) is 9.75. The van der Waals surface area contributed by atoms with Gasteiger partial charge in [0.1, 0.15) is 16.7 Å². The molecule has 0 saturated carbocycles. The molecule has 0 fully saturated rings. The van der Waals surface area contributed by atoms with Gasteiger partial charge in [-0.3, -0.25) is 4.98 Å². The van der Waals surface area contributed by atoms with Crippen molar-refractivity contribution in [2.45, 2.75) is 44.2 Å². The number of nitrogens with zero attached hydrogens (tertiary/aromatic N) is 3. The van der Waals surface area contributed by atoms with Gasteiger partial charge in [0, 0.05) is 48.6 Å². The van der Waals surface area contributed by atoms with Crippen molar-refractivity contribution in [1.29, 1.82) is 0 Å². The third-order valence-corrected chi connectivity index (χ3v) is 7.80. The van der Waals surface area contributed by atoms with Crippen LogP contribution in [0.5, 0.6) is 5.75 Å². The summed E-state index contributed by atoms with van der Waals surface area (Å²) < 4.78 is 34.8. The van der Waals surface area contributed by atoms with Gasteiger partial charge in [-0.25, -0.2) is 8.42 Å². The summed E-state index contributed by atoms with van der Waals surface area (Å²) in [6.07, 6.45) is 4.16. The molecule has 1 aromatic heterocycles. The number of sulfonamides is 1. The number of benzene rings is 1. The Morgan fingerprint density at radius 3 is 2.73 bits per heavy atom. The van der Waals surface area contributed by atoms with E-state index in [0.717, 1.165) is 18.5 Å². The molecular weight excluding hydrogens is 438 g/mol. The first-order valence-corrected chi connectivity index (χ1v) is 12.7. The third-order valence-electron chi connectivity index (χ3n) is 5.78. The Balaban J connectivity index is 2.05. The van der Waals surface area contributed by atoms with Crippen LogP contribution in [0.1, 0.15) is 38.3 Å². The molecule has 178 valence electrons.